The van der Waals surface area contributed by atoms with Crippen LogP contribution in [0.1, 0.15) is 77.7 Å². The number of piperidine rings is 1. The van der Waals surface area contributed by atoms with Crippen LogP contribution in [-0.4, -0.2) is 39.9 Å². The van der Waals surface area contributed by atoms with Crippen molar-refractivity contribution in [3.8, 4) is 0 Å². The third kappa shape index (κ3) is 8.30. The van der Waals surface area contributed by atoms with Gasteiger partial charge in [0.1, 0.15) is 0 Å². The highest BCUT2D eigenvalue weighted by atomic mass is 19.4. The lowest BCUT2D eigenvalue weighted by Crippen LogP contribution is -2.43. The van der Waals surface area contributed by atoms with Crippen molar-refractivity contribution < 1.29 is 13.2 Å². The number of nitrogens with zero attached hydrogens (tertiary/aromatic N) is 3. The molecular weight excluding hydrogens is 431 g/mol. The number of hydrogen-bond donors (Lipinski definition) is 2. The first-order chi connectivity index (χ1) is 15.7. The highest BCUT2D eigenvalue weighted by Crippen LogP contribution is 2.29. The van der Waals surface area contributed by atoms with Gasteiger partial charge in [0, 0.05) is 25.2 Å². The molecular formula is C24H38F3N5O. The van der Waals surface area contributed by atoms with Gasteiger partial charge in [0.15, 0.2) is 5.82 Å². The lowest BCUT2D eigenvalue weighted by Gasteiger charge is -2.39. The summed E-state index contributed by atoms with van der Waals surface area (Å²) in [6, 6.07) is 8.81. The SMILES string of the molecule is CC.NC(F)(F)F.Nc1nc2ccccc2n(C2CCN(C3CCCCCCC3)CC2)c1=O. The fourth-order valence-corrected chi connectivity index (χ4v) is 4.84. The third-order valence-corrected chi connectivity index (χ3v) is 6.28. The zero-order valence-electron chi connectivity index (χ0n) is 19.8. The third-order valence-electron chi connectivity index (χ3n) is 6.28. The molecule has 6 nitrogen and oxygen atoms in total. The van der Waals surface area contributed by atoms with Crippen molar-refractivity contribution in [1.29, 1.82) is 0 Å². The first-order valence-corrected chi connectivity index (χ1v) is 12.1. The van der Waals surface area contributed by atoms with Gasteiger partial charge in [-0.25, -0.2) is 10.7 Å². The second-order valence-corrected chi connectivity index (χ2v) is 8.47. The molecule has 186 valence electrons. The average Bonchev–Trinajstić information content (AvgIpc) is 2.75. The molecule has 33 heavy (non-hydrogen) atoms. The molecule has 0 radical (unpaired) electrons. The normalized spacial score (nSPS) is 19.0. The molecule has 2 heterocycles. The highest BCUT2D eigenvalue weighted by Gasteiger charge is 2.27. The Labute approximate surface area is 194 Å². The molecule has 0 spiro atoms. The van der Waals surface area contributed by atoms with E-state index in [4.69, 9.17) is 5.73 Å². The number of alkyl halides is 3. The Morgan fingerprint density at radius 1 is 0.909 bits per heavy atom. The predicted molar refractivity (Wildman–Crippen MR) is 128 cm³/mol. The molecule has 0 amide bonds. The molecule has 2 aliphatic rings. The van der Waals surface area contributed by atoms with Gasteiger partial charge in [0.25, 0.3) is 5.56 Å². The maximum atomic E-state index is 12.7. The van der Waals surface area contributed by atoms with Gasteiger partial charge in [0.2, 0.25) is 0 Å². The Morgan fingerprint density at radius 3 is 2.00 bits per heavy atom. The zero-order chi connectivity index (χ0) is 24.4. The lowest BCUT2D eigenvalue weighted by atomic mass is 9.93. The first-order valence-electron chi connectivity index (χ1n) is 12.1. The van der Waals surface area contributed by atoms with E-state index in [0.717, 1.165) is 43.0 Å². The monoisotopic (exact) mass is 469 g/mol. The molecule has 4 rings (SSSR count). The fourth-order valence-electron chi connectivity index (χ4n) is 4.84. The summed E-state index contributed by atoms with van der Waals surface area (Å²) in [4.78, 5) is 19.7. The number of nitrogens with two attached hydrogens (primary N) is 2. The van der Waals surface area contributed by atoms with Crippen molar-refractivity contribution in [2.24, 2.45) is 5.73 Å². The molecule has 2 aromatic rings. The van der Waals surface area contributed by atoms with E-state index in [2.05, 4.69) is 15.6 Å². The summed E-state index contributed by atoms with van der Waals surface area (Å²) >= 11 is 0. The van der Waals surface area contributed by atoms with Gasteiger partial charge in [0.05, 0.1) is 11.0 Å². The van der Waals surface area contributed by atoms with E-state index in [0.29, 0.717) is 0 Å². The van der Waals surface area contributed by atoms with Gasteiger partial charge < -0.3 is 15.2 Å². The fraction of sp³-hybridized carbons (Fsp3) is 0.667. The average molecular weight is 470 g/mol. The summed E-state index contributed by atoms with van der Waals surface area (Å²) in [6.45, 7) is 6.16. The molecule has 1 aromatic carbocycles. The quantitative estimate of drug-likeness (QED) is 0.589. The molecule has 1 saturated heterocycles. The Kier molecular flexibility index (Phi) is 10.6. The Bertz CT molecular complexity index is 893. The van der Waals surface area contributed by atoms with Crippen LogP contribution in [0.25, 0.3) is 11.0 Å². The van der Waals surface area contributed by atoms with Gasteiger partial charge in [-0.3, -0.25) is 4.79 Å². The van der Waals surface area contributed by atoms with E-state index >= 15 is 0 Å². The topological polar surface area (TPSA) is 90.2 Å². The molecule has 4 N–H and O–H groups in total. The summed E-state index contributed by atoms with van der Waals surface area (Å²) in [7, 11) is 0. The molecule has 0 bridgehead atoms. The molecule has 2 fully saturated rings. The molecule has 1 aromatic heterocycles. The first kappa shape index (κ1) is 27.1. The second-order valence-electron chi connectivity index (χ2n) is 8.47. The number of halogens is 3. The summed E-state index contributed by atoms with van der Waals surface area (Å²) in [6.07, 6.45) is 7.16. The van der Waals surface area contributed by atoms with Crippen molar-refractivity contribution in [3.63, 3.8) is 0 Å². The van der Waals surface area contributed by atoms with Crippen LogP contribution < -0.4 is 17.0 Å². The highest BCUT2D eigenvalue weighted by molar-refractivity contribution is 5.76. The van der Waals surface area contributed by atoms with Crippen LogP contribution >= 0.6 is 0 Å². The zero-order valence-corrected chi connectivity index (χ0v) is 19.8. The minimum atomic E-state index is -4.50. The van der Waals surface area contributed by atoms with Crippen molar-refractivity contribution in [2.75, 3.05) is 18.8 Å². The maximum absolute atomic E-state index is 12.7. The van der Waals surface area contributed by atoms with Crippen molar-refractivity contribution in [2.45, 2.75) is 90.0 Å². The van der Waals surface area contributed by atoms with Crippen LogP contribution in [0, 0.1) is 0 Å². The minimum absolute atomic E-state index is 0.117. The van der Waals surface area contributed by atoms with Crippen LogP contribution in [0.5, 0.6) is 0 Å². The number of fused-ring (bicyclic) bond motifs is 1. The summed E-state index contributed by atoms with van der Waals surface area (Å²) in [5.74, 6) is 0.117. The number of likely N-dealkylation sites (tertiary alicyclic amines) is 1. The smallest absolute Gasteiger partial charge is 0.379 e. The van der Waals surface area contributed by atoms with Crippen molar-refractivity contribution in [1.82, 2.24) is 14.5 Å². The molecule has 1 saturated carbocycles. The Morgan fingerprint density at radius 2 is 1.42 bits per heavy atom. The molecule has 0 atom stereocenters. The lowest BCUT2D eigenvalue weighted by molar-refractivity contribution is -0.122. The van der Waals surface area contributed by atoms with E-state index in [9.17, 15) is 18.0 Å². The summed E-state index contributed by atoms with van der Waals surface area (Å²) in [5.41, 5.74) is 10.9. The number of aromatic nitrogens is 2. The number of anilines is 1. The van der Waals surface area contributed by atoms with Gasteiger partial charge in [-0.1, -0.05) is 58.1 Å². The van der Waals surface area contributed by atoms with Crippen LogP contribution in [0.15, 0.2) is 29.1 Å². The van der Waals surface area contributed by atoms with Crippen LogP contribution in [0.3, 0.4) is 0 Å². The number of nitrogen functional groups attached to an aromatic ring is 1. The van der Waals surface area contributed by atoms with Crippen molar-refractivity contribution >= 4 is 16.9 Å². The molecule has 9 heteroatoms. The van der Waals surface area contributed by atoms with E-state index in [1.165, 1.54) is 44.9 Å². The second kappa shape index (κ2) is 12.9. The van der Waals surface area contributed by atoms with Crippen LogP contribution in [0.4, 0.5) is 19.0 Å². The van der Waals surface area contributed by atoms with Crippen LogP contribution in [0.2, 0.25) is 0 Å². The maximum Gasteiger partial charge on any atom is 0.454 e. The largest absolute Gasteiger partial charge is 0.454 e. The minimum Gasteiger partial charge on any atom is -0.379 e. The number of hydrogen-bond acceptors (Lipinski definition) is 5. The summed E-state index contributed by atoms with van der Waals surface area (Å²) in [5, 5.41) is 0. The van der Waals surface area contributed by atoms with E-state index in [1.807, 2.05) is 42.7 Å². The number of benzene rings is 1. The van der Waals surface area contributed by atoms with Gasteiger partial charge in [-0.05, 0) is 37.8 Å². The van der Waals surface area contributed by atoms with Gasteiger partial charge in [-0.15, -0.1) is 0 Å². The predicted octanol–water partition coefficient (Wildman–Crippen LogP) is 5.22. The number of rotatable bonds is 2. The summed E-state index contributed by atoms with van der Waals surface area (Å²) < 4.78 is 32.3. The van der Waals surface area contributed by atoms with Gasteiger partial charge in [-0.2, -0.15) is 13.2 Å². The molecule has 1 aliphatic carbocycles. The van der Waals surface area contributed by atoms with Gasteiger partial charge >= 0.3 is 6.30 Å². The van der Waals surface area contributed by atoms with E-state index < -0.39 is 6.30 Å². The molecule has 0 unspecified atom stereocenters. The number of para-hydroxylation sites is 2. The van der Waals surface area contributed by atoms with E-state index in [1.54, 1.807) is 0 Å². The standard InChI is InChI=1S/C21H30N4O.C2H6.CH2F3N/c22-20-21(26)25(19-11-7-6-10-18(19)23-20)17-12-14-24(15-13-17)16-8-4-2-1-3-5-9-16;1-2;2-1(3,4)5/h6-7,10-11,16-17H,1-5,8-9,12-15H2,(H2,22,23);1-2H3;5H2. The Balaban J connectivity index is 0.000000489. The van der Waals surface area contributed by atoms with E-state index in [-0.39, 0.29) is 17.4 Å². The van der Waals surface area contributed by atoms with Crippen molar-refractivity contribution in [3.05, 3.63) is 34.6 Å². The van der Waals surface area contributed by atoms with Crippen LogP contribution in [-0.2, 0) is 0 Å². The Hall–Kier alpha value is -2.13. The molecule has 1 aliphatic heterocycles.